The van der Waals surface area contributed by atoms with Crippen LogP contribution in [-0.4, -0.2) is 36.2 Å². The van der Waals surface area contributed by atoms with Crippen molar-refractivity contribution in [2.24, 2.45) is 4.99 Å². The van der Waals surface area contributed by atoms with E-state index in [9.17, 15) is 4.79 Å². The first-order valence-electron chi connectivity index (χ1n) is 10.7. The lowest BCUT2D eigenvalue weighted by Gasteiger charge is -2.30. The van der Waals surface area contributed by atoms with Gasteiger partial charge in [0.15, 0.2) is 5.17 Å². The van der Waals surface area contributed by atoms with Crippen LogP contribution in [0.1, 0.15) is 32.1 Å². The molecule has 1 saturated carbocycles. The van der Waals surface area contributed by atoms with E-state index in [1.165, 1.54) is 18.2 Å². The van der Waals surface area contributed by atoms with E-state index in [2.05, 4.69) is 4.90 Å². The number of methoxy groups -OCH3 is 1. The molecular formula is C24H24ClN3O2S2. The largest absolute Gasteiger partial charge is 0.497 e. The number of fused-ring (bicyclic) bond motifs is 1. The number of amidine groups is 1. The fraction of sp³-hybridized carbons (Fsp3) is 0.333. The van der Waals surface area contributed by atoms with Crippen LogP contribution in [0, 0.1) is 0 Å². The SMILES string of the molecule is COc1ccc(N=C2S/C(=C3\Sc4ccc(Cl)cc4N3C)C(=O)N2C2CCCCC2)cc1. The molecule has 2 aromatic carbocycles. The molecule has 8 heteroatoms. The molecular weight excluding hydrogens is 462 g/mol. The lowest BCUT2D eigenvalue weighted by Crippen LogP contribution is -2.40. The summed E-state index contributed by atoms with van der Waals surface area (Å²) in [5.74, 6) is 0.846. The Morgan fingerprint density at radius 3 is 2.53 bits per heavy atom. The number of carbonyl (C=O) groups excluding carboxylic acids is 1. The third-order valence-electron chi connectivity index (χ3n) is 6.04. The summed E-state index contributed by atoms with van der Waals surface area (Å²) in [6.45, 7) is 0. The highest BCUT2D eigenvalue weighted by Crippen LogP contribution is 2.51. The summed E-state index contributed by atoms with van der Waals surface area (Å²) in [4.78, 5) is 24.5. The van der Waals surface area contributed by atoms with Gasteiger partial charge in [-0.15, -0.1) is 0 Å². The fourth-order valence-electron chi connectivity index (χ4n) is 4.34. The van der Waals surface area contributed by atoms with Gasteiger partial charge in [-0.05, 0) is 67.1 Å². The van der Waals surface area contributed by atoms with Crippen LogP contribution in [0.3, 0.4) is 0 Å². The summed E-state index contributed by atoms with van der Waals surface area (Å²) in [7, 11) is 3.64. The van der Waals surface area contributed by atoms with Crippen LogP contribution in [0.5, 0.6) is 5.75 Å². The molecule has 3 aliphatic rings. The van der Waals surface area contributed by atoms with Gasteiger partial charge in [0.05, 0.1) is 23.5 Å². The fourth-order valence-corrected chi connectivity index (χ4v) is 6.89. The molecule has 1 amide bonds. The lowest BCUT2D eigenvalue weighted by atomic mass is 9.94. The number of anilines is 1. The number of nitrogens with zero attached hydrogens (tertiary/aromatic N) is 3. The Labute approximate surface area is 201 Å². The Bertz CT molecular complexity index is 1110. The van der Waals surface area contributed by atoms with Crippen LogP contribution >= 0.6 is 35.1 Å². The second-order valence-corrected chi connectivity index (χ2v) is 10.5. The van der Waals surface area contributed by atoms with Gasteiger partial charge < -0.3 is 9.64 Å². The van der Waals surface area contributed by atoms with E-state index in [-0.39, 0.29) is 11.9 Å². The molecule has 0 bridgehead atoms. The van der Waals surface area contributed by atoms with Crippen molar-refractivity contribution >= 4 is 57.6 Å². The Kier molecular flexibility index (Phi) is 6.14. The number of ether oxygens (including phenoxy) is 1. The molecule has 32 heavy (non-hydrogen) atoms. The topological polar surface area (TPSA) is 45.1 Å². The first kappa shape index (κ1) is 21.7. The van der Waals surface area contributed by atoms with Crippen LogP contribution < -0.4 is 9.64 Å². The van der Waals surface area contributed by atoms with E-state index in [1.54, 1.807) is 18.9 Å². The zero-order valence-corrected chi connectivity index (χ0v) is 20.4. The zero-order chi connectivity index (χ0) is 22.2. The molecule has 0 radical (unpaired) electrons. The Balaban J connectivity index is 1.53. The van der Waals surface area contributed by atoms with Gasteiger partial charge >= 0.3 is 0 Å². The van der Waals surface area contributed by atoms with Crippen LogP contribution in [0.2, 0.25) is 5.02 Å². The number of halogens is 1. The highest BCUT2D eigenvalue weighted by molar-refractivity contribution is 8.19. The Hall–Kier alpha value is -2.09. The van der Waals surface area contributed by atoms with E-state index in [0.717, 1.165) is 62.8 Å². The summed E-state index contributed by atoms with van der Waals surface area (Å²) in [5.41, 5.74) is 1.85. The first-order valence-corrected chi connectivity index (χ1v) is 12.8. The summed E-state index contributed by atoms with van der Waals surface area (Å²) >= 11 is 9.33. The maximum Gasteiger partial charge on any atom is 0.269 e. The second-order valence-electron chi connectivity index (χ2n) is 8.07. The number of amides is 1. The van der Waals surface area contributed by atoms with Gasteiger partial charge in [0, 0.05) is 23.0 Å². The molecule has 1 aliphatic carbocycles. The van der Waals surface area contributed by atoms with Crippen molar-refractivity contribution in [3.05, 3.63) is 57.4 Å². The van der Waals surface area contributed by atoms with Crippen LogP contribution in [0.25, 0.3) is 0 Å². The van der Waals surface area contributed by atoms with Crippen molar-refractivity contribution < 1.29 is 9.53 Å². The number of rotatable bonds is 3. The minimum atomic E-state index is 0.0578. The second kappa shape index (κ2) is 9.04. The molecule has 166 valence electrons. The number of carbonyl (C=O) groups is 1. The number of benzene rings is 2. The molecule has 2 fully saturated rings. The van der Waals surface area contributed by atoms with E-state index in [4.69, 9.17) is 21.3 Å². The van der Waals surface area contributed by atoms with E-state index >= 15 is 0 Å². The quantitative estimate of drug-likeness (QED) is 0.455. The van der Waals surface area contributed by atoms with Gasteiger partial charge in [-0.1, -0.05) is 42.6 Å². The molecule has 2 aromatic rings. The smallest absolute Gasteiger partial charge is 0.269 e. The number of aliphatic imine (C=N–C) groups is 1. The Morgan fingerprint density at radius 1 is 1.06 bits per heavy atom. The predicted molar refractivity (Wildman–Crippen MR) is 134 cm³/mol. The van der Waals surface area contributed by atoms with Crippen LogP contribution in [-0.2, 0) is 4.79 Å². The summed E-state index contributed by atoms with van der Waals surface area (Å²) in [5, 5.41) is 2.40. The third-order valence-corrected chi connectivity index (χ3v) is 8.68. The van der Waals surface area contributed by atoms with Crippen LogP contribution in [0.15, 0.2) is 62.3 Å². The monoisotopic (exact) mass is 485 g/mol. The normalized spacial score (nSPS) is 22.7. The molecule has 0 unspecified atom stereocenters. The van der Waals surface area contributed by atoms with Crippen molar-refractivity contribution in [1.29, 1.82) is 0 Å². The van der Waals surface area contributed by atoms with Gasteiger partial charge in [0.2, 0.25) is 0 Å². The standard InChI is InChI=1S/C24H24ClN3O2S2/c1-27-19-14-15(25)8-13-20(19)31-23(27)21-22(29)28(17-6-4-3-5-7-17)24(32-21)26-16-9-11-18(30-2)12-10-16/h8-14,17H,3-7H2,1-2H3/b23-21-,26-24?. The molecule has 5 nitrogen and oxygen atoms in total. The average molecular weight is 486 g/mol. The molecule has 0 aromatic heterocycles. The number of hydrogen-bond donors (Lipinski definition) is 0. The zero-order valence-electron chi connectivity index (χ0n) is 18.0. The van der Waals surface area contributed by atoms with Crippen molar-refractivity contribution in [2.45, 2.75) is 43.0 Å². The maximum absolute atomic E-state index is 13.7. The van der Waals surface area contributed by atoms with Crippen molar-refractivity contribution in [1.82, 2.24) is 4.90 Å². The molecule has 2 aliphatic heterocycles. The third kappa shape index (κ3) is 4.02. The van der Waals surface area contributed by atoms with E-state index in [1.807, 2.05) is 54.4 Å². The maximum atomic E-state index is 13.7. The first-order chi connectivity index (χ1) is 15.5. The Morgan fingerprint density at radius 2 is 1.81 bits per heavy atom. The number of hydrogen-bond acceptors (Lipinski definition) is 6. The van der Waals surface area contributed by atoms with Gasteiger partial charge in [-0.25, -0.2) is 4.99 Å². The number of thioether (sulfide) groups is 2. The van der Waals surface area contributed by atoms with Gasteiger partial charge in [0.25, 0.3) is 5.91 Å². The van der Waals surface area contributed by atoms with Gasteiger partial charge in [0.1, 0.15) is 10.7 Å². The molecule has 5 rings (SSSR count). The lowest BCUT2D eigenvalue weighted by molar-refractivity contribution is -0.124. The minimum Gasteiger partial charge on any atom is -0.497 e. The summed E-state index contributed by atoms with van der Waals surface area (Å²) < 4.78 is 5.26. The van der Waals surface area contributed by atoms with Crippen molar-refractivity contribution in [3.8, 4) is 5.75 Å². The highest BCUT2D eigenvalue weighted by Gasteiger charge is 2.42. The van der Waals surface area contributed by atoms with E-state index in [0.29, 0.717) is 5.02 Å². The predicted octanol–water partition coefficient (Wildman–Crippen LogP) is 6.66. The molecule has 2 heterocycles. The van der Waals surface area contributed by atoms with Crippen molar-refractivity contribution in [2.75, 3.05) is 19.1 Å². The molecule has 0 atom stereocenters. The van der Waals surface area contributed by atoms with Gasteiger partial charge in [-0.3, -0.25) is 9.69 Å². The summed E-state index contributed by atoms with van der Waals surface area (Å²) in [6, 6.07) is 13.7. The van der Waals surface area contributed by atoms with Crippen LogP contribution in [0.4, 0.5) is 11.4 Å². The highest BCUT2D eigenvalue weighted by atomic mass is 35.5. The molecule has 0 spiro atoms. The minimum absolute atomic E-state index is 0.0578. The van der Waals surface area contributed by atoms with Gasteiger partial charge in [-0.2, -0.15) is 0 Å². The van der Waals surface area contributed by atoms with Crippen molar-refractivity contribution in [3.63, 3.8) is 0 Å². The molecule has 1 saturated heterocycles. The molecule has 0 N–H and O–H groups in total. The van der Waals surface area contributed by atoms with E-state index < -0.39 is 0 Å². The summed E-state index contributed by atoms with van der Waals surface area (Å²) in [6.07, 6.45) is 5.59. The average Bonchev–Trinajstić information content (AvgIpc) is 3.31.